The van der Waals surface area contributed by atoms with Gasteiger partial charge in [-0.05, 0) is 12.1 Å². The van der Waals surface area contributed by atoms with E-state index in [1.807, 2.05) is 5.32 Å². The second-order valence-corrected chi connectivity index (χ2v) is 3.41. The van der Waals surface area contributed by atoms with Gasteiger partial charge in [0.15, 0.2) is 0 Å². The van der Waals surface area contributed by atoms with E-state index in [4.69, 9.17) is 5.11 Å². The molecule has 1 aromatic rings. The van der Waals surface area contributed by atoms with Gasteiger partial charge < -0.3 is 10.4 Å². The molecule has 1 rings (SSSR count). The molecule has 7 nitrogen and oxygen atoms in total. The molecule has 0 bridgehead atoms. The zero-order valence-electron chi connectivity index (χ0n) is 9.00. The summed E-state index contributed by atoms with van der Waals surface area (Å²) in [5.74, 6) is -2.08. The predicted octanol–water partition coefficient (Wildman–Crippen LogP) is 0.476. The van der Waals surface area contributed by atoms with Crippen molar-refractivity contribution in [1.29, 1.82) is 0 Å². The number of benzene rings is 1. The lowest BCUT2D eigenvalue weighted by atomic mass is 10.0. The molecule has 96 valence electrons. The van der Waals surface area contributed by atoms with E-state index < -0.39 is 28.4 Å². The van der Waals surface area contributed by atoms with Gasteiger partial charge in [0.25, 0.3) is 5.69 Å². The topological polar surface area (TPSA) is 110 Å². The van der Waals surface area contributed by atoms with Gasteiger partial charge in [-0.3, -0.25) is 14.9 Å². The molecule has 2 N–H and O–H groups in total. The summed E-state index contributed by atoms with van der Waals surface area (Å²) in [4.78, 5) is 30.9. The number of carboxylic acids is 1. The van der Waals surface area contributed by atoms with Gasteiger partial charge >= 0.3 is 5.97 Å². The summed E-state index contributed by atoms with van der Waals surface area (Å²) in [6.07, 6.45) is -0.202. The van der Waals surface area contributed by atoms with Crippen LogP contribution < -0.4 is 5.32 Å². The summed E-state index contributed by atoms with van der Waals surface area (Å²) >= 11 is 0. The maximum absolute atomic E-state index is 13.0. The van der Waals surface area contributed by atoms with E-state index in [0.29, 0.717) is 0 Å². The quantitative estimate of drug-likeness (QED) is 0.437. The molecular formula is C10H9FN2O5. The number of nitrogens with zero attached hydrogens (tertiary/aromatic N) is 1. The van der Waals surface area contributed by atoms with E-state index in [9.17, 15) is 24.1 Å². The average Bonchev–Trinajstić information content (AvgIpc) is 2.28. The van der Waals surface area contributed by atoms with Gasteiger partial charge in [0.1, 0.15) is 11.9 Å². The summed E-state index contributed by atoms with van der Waals surface area (Å²) < 4.78 is 13.0. The van der Waals surface area contributed by atoms with Crippen LogP contribution in [-0.2, 0) is 16.0 Å². The first-order valence-corrected chi connectivity index (χ1v) is 4.81. The molecular weight excluding hydrogens is 247 g/mol. The zero-order chi connectivity index (χ0) is 13.7. The van der Waals surface area contributed by atoms with E-state index in [1.165, 1.54) is 0 Å². The molecule has 0 aliphatic heterocycles. The standard InChI is InChI=1S/C10H9FN2O5/c11-7-1-2-9(13(17)18)6(3-7)4-8(10(15)16)12-5-14/h1-3,5,8H,4H2,(H,12,14)(H,15,16). The number of aliphatic carboxylic acids is 1. The Labute approximate surface area is 100 Å². The molecule has 1 amide bonds. The van der Waals surface area contributed by atoms with Crippen LogP contribution in [0.15, 0.2) is 18.2 Å². The summed E-state index contributed by atoms with van der Waals surface area (Å²) in [5.41, 5.74) is -0.489. The molecule has 0 spiro atoms. The third kappa shape index (κ3) is 3.24. The molecule has 8 heteroatoms. The smallest absolute Gasteiger partial charge is 0.326 e. The molecule has 0 saturated heterocycles. The number of carbonyl (C=O) groups excluding carboxylic acids is 1. The first kappa shape index (κ1) is 13.6. The van der Waals surface area contributed by atoms with Crippen molar-refractivity contribution < 1.29 is 24.0 Å². The van der Waals surface area contributed by atoms with Gasteiger partial charge in [-0.25, -0.2) is 9.18 Å². The Morgan fingerprint density at radius 1 is 1.61 bits per heavy atom. The van der Waals surface area contributed by atoms with Crippen LogP contribution in [-0.4, -0.2) is 28.5 Å². The Bertz CT molecular complexity index is 491. The third-order valence-corrected chi connectivity index (χ3v) is 2.23. The van der Waals surface area contributed by atoms with E-state index in [0.717, 1.165) is 18.2 Å². The third-order valence-electron chi connectivity index (χ3n) is 2.23. The molecule has 1 aromatic carbocycles. The molecule has 0 aliphatic rings. The van der Waals surface area contributed by atoms with Crippen LogP contribution in [0.3, 0.4) is 0 Å². The molecule has 0 radical (unpaired) electrons. The monoisotopic (exact) mass is 256 g/mol. The van der Waals surface area contributed by atoms with Crippen molar-refractivity contribution in [1.82, 2.24) is 5.32 Å². The normalized spacial score (nSPS) is 11.6. The van der Waals surface area contributed by atoms with Crippen molar-refractivity contribution in [2.24, 2.45) is 0 Å². The van der Waals surface area contributed by atoms with Gasteiger partial charge in [-0.1, -0.05) is 0 Å². The number of nitrogens with one attached hydrogen (secondary N) is 1. The van der Waals surface area contributed by atoms with Crippen LogP contribution in [0.2, 0.25) is 0 Å². The highest BCUT2D eigenvalue weighted by molar-refractivity contribution is 5.76. The van der Waals surface area contributed by atoms with Crippen molar-refractivity contribution in [3.63, 3.8) is 0 Å². The number of nitro benzene ring substituents is 1. The number of nitro groups is 1. The van der Waals surface area contributed by atoms with Crippen LogP contribution >= 0.6 is 0 Å². The van der Waals surface area contributed by atoms with Crippen molar-refractivity contribution >= 4 is 18.1 Å². The fourth-order valence-electron chi connectivity index (χ4n) is 1.42. The van der Waals surface area contributed by atoms with Gasteiger partial charge in [0.05, 0.1) is 4.92 Å². The first-order valence-electron chi connectivity index (χ1n) is 4.81. The second kappa shape index (κ2) is 5.71. The van der Waals surface area contributed by atoms with Crippen LogP contribution in [0.25, 0.3) is 0 Å². The summed E-state index contributed by atoms with van der Waals surface area (Å²) in [6, 6.07) is 1.39. The summed E-state index contributed by atoms with van der Waals surface area (Å²) in [7, 11) is 0. The van der Waals surface area contributed by atoms with Crippen molar-refractivity contribution in [2.75, 3.05) is 0 Å². The Morgan fingerprint density at radius 3 is 2.78 bits per heavy atom. The molecule has 0 aromatic heterocycles. The van der Waals surface area contributed by atoms with E-state index in [-0.39, 0.29) is 18.4 Å². The minimum atomic E-state index is -1.36. The summed E-state index contributed by atoms with van der Waals surface area (Å²) in [5, 5.41) is 21.5. The fourth-order valence-corrected chi connectivity index (χ4v) is 1.42. The highest BCUT2D eigenvalue weighted by atomic mass is 19.1. The molecule has 0 fully saturated rings. The Kier molecular flexibility index (Phi) is 4.30. The Balaban J connectivity index is 3.07. The molecule has 1 unspecified atom stereocenters. The predicted molar refractivity (Wildman–Crippen MR) is 57.4 cm³/mol. The minimum absolute atomic E-state index is 0.0956. The van der Waals surface area contributed by atoms with Crippen LogP contribution in [0, 0.1) is 15.9 Å². The van der Waals surface area contributed by atoms with Crippen molar-refractivity contribution in [3.8, 4) is 0 Å². The lowest BCUT2D eigenvalue weighted by Crippen LogP contribution is -2.37. The largest absolute Gasteiger partial charge is 0.480 e. The number of halogens is 1. The maximum atomic E-state index is 13.0. The second-order valence-electron chi connectivity index (χ2n) is 3.41. The number of carbonyl (C=O) groups is 2. The zero-order valence-corrected chi connectivity index (χ0v) is 9.00. The molecule has 1 atom stereocenters. The fraction of sp³-hybridized carbons (Fsp3) is 0.200. The number of amides is 1. The van der Waals surface area contributed by atoms with Gasteiger partial charge in [-0.2, -0.15) is 0 Å². The minimum Gasteiger partial charge on any atom is -0.480 e. The highest BCUT2D eigenvalue weighted by Crippen LogP contribution is 2.21. The van der Waals surface area contributed by atoms with Crippen LogP contribution in [0.4, 0.5) is 10.1 Å². The lowest BCUT2D eigenvalue weighted by Gasteiger charge is -2.11. The van der Waals surface area contributed by atoms with E-state index >= 15 is 0 Å². The Hall–Kier alpha value is -2.51. The lowest BCUT2D eigenvalue weighted by molar-refractivity contribution is -0.385. The molecule has 0 aliphatic carbocycles. The number of rotatable bonds is 6. The van der Waals surface area contributed by atoms with Crippen LogP contribution in [0.1, 0.15) is 5.56 Å². The highest BCUT2D eigenvalue weighted by Gasteiger charge is 2.22. The first-order chi connectivity index (χ1) is 8.45. The molecule has 18 heavy (non-hydrogen) atoms. The van der Waals surface area contributed by atoms with Gasteiger partial charge in [0.2, 0.25) is 6.41 Å². The van der Waals surface area contributed by atoms with Gasteiger partial charge in [-0.15, -0.1) is 0 Å². The number of hydrogen-bond donors (Lipinski definition) is 2. The average molecular weight is 256 g/mol. The van der Waals surface area contributed by atoms with Gasteiger partial charge in [0, 0.05) is 18.1 Å². The van der Waals surface area contributed by atoms with E-state index in [2.05, 4.69) is 0 Å². The number of hydrogen-bond acceptors (Lipinski definition) is 4. The maximum Gasteiger partial charge on any atom is 0.326 e. The number of carboxylic acid groups (broad SMARTS) is 1. The molecule has 0 saturated carbocycles. The summed E-state index contributed by atoms with van der Waals surface area (Å²) in [6.45, 7) is 0. The van der Waals surface area contributed by atoms with Crippen molar-refractivity contribution in [3.05, 3.63) is 39.7 Å². The molecule has 0 heterocycles. The van der Waals surface area contributed by atoms with Crippen LogP contribution in [0.5, 0.6) is 0 Å². The SMILES string of the molecule is O=CNC(Cc1cc(F)ccc1[N+](=O)[O-])C(=O)O. The van der Waals surface area contributed by atoms with Crippen molar-refractivity contribution in [2.45, 2.75) is 12.5 Å². The Morgan fingerprint density at radius 2 is 2.28 bits per heavy atom. The van der Waals surface area contributed by atoms with E-state index in [1.54, 1.807) is 0 Å².